The predicted octanol–water partition coefficient (Wildman–Crippen LogP) is 2.59. The third kappa shape index (κ3) is 3.79. The minimum absolute atomic E-state index is 0.0419. The Morgan fingerprint density at radius 3 is 2.58 bits per heavy atom. The Bertz CT molecular complexity index is 798. The molecule has 3 rings (SSSR count). The zero-order chi connectivity index (χ0) is 17.2. The Labute approximate surface area is 145 Å². The maximum absolute atomic E-state index is 12.8. The van der Waals surface area contributed by atoms with Gasteiger partial charge in [0.1, 0.15) is 5.75 Å². The lowest BCUT2D eigenvalue weighted by molar-refractivity contribution is 0.0686. The number of carbonyl (C=O) groups excluding carboxylic acids is 1. The smallest absolute Gasteiger partial charge is 0.264 e. The minimum atomic E-state index is -3.06. The van der Waals surface area contributed by atoms with Gasteiger partial charge >= 0.3 is 0 Å². The van der Waals surface area contributed by atoms with Crippen molar-refractivity contribution in [3.8, 4) is 5.75 Å². The molecule has 1 aromatic carbocycles. The molecular formula is C17H19NO4S2. The van der Waals surface area contributed by atoms with Crippen molar-refractivity contribution >= 4 is 27.1 Å². The lowest BCUT2D eigenvalue weighted by Crippen LogP contribution is -2.40. The summed E-state index contributed by atoms with van der Waals surface area (Å²) in [5.74, 6) is 0.829. The van der Waals surface area contributed by atoms with Gasteiger partial charge in [-0.05, 0) is 35.6 Å². The highest BCUT2D eigenvalue weighted by Crippen LogP contribution is 2.24. The number of ether oxygens (including phenoxy) is 1. The van der Waals surface area contributed by atoms with E-state index in [9.17, 15) is 13.2 Å². The van der Waals surface area contributed by atoms with Gasteiger partial charge in [-0.25, -0.2) is 8.42 Å². The van der Waals surface area contributed by atoms with E-state index >= 15 is 0 Å². The minimum Gasteiger partial charge on any atom is -0.497 e. The molecule has 1 atom stereocenters. The molecule has 1 unspecified atom stereocenters. The zero-order valence-corrected chi connectivity index (χ0v) is 15.0. The third-order valence-corrected chi connectivity index (χ3v) is 6.76. The Morgan fingerprint density at radius 2 is 2.04 bits per heavy atom. The second-order valence-corrected chi connectivity index (χ2v) is 8.99. The summed E-state index contributed by atoms with van der Waals surface area (Å²) < 4.78 is 28.8. The summed E-state index contributed by atoms with van der Waals surface area (Å²) in [5, 5.41) is 1.85. The van der Waals surface area contributed by atoms with Gasteiger partial charge in [-0.1, -0.05) is 18.2 Å². The molecule has 1 amide bonds. The molecule has 1 aromatic heterocycles. The largest absolute Gasteiger partial charge is 0.497 e. The van der Waals surface area contributed by atoms with Gasteiger partial charge in [-0.3, -0.25) is 4.79 Å². The third-order valence-electron chi connectivity index (χ3n) is 4.15. The van der Waals surface area contributed by atoms with E-state index in [1.807, 2.05) is 35.7 Å². The number of carbonyl (C=O) groups is 1. The van der Waals surface area contributed by atoms with E-state index in [1.165, 1.54) is 11.3 Å². The fourth-order valence-corrected chi connectivity index (χ4v) is 5.27. The lowest BCUT2D eigenvalue weighted by Gasteiger charge is -2.28. The number of nitrogens with zero attached hydrogens (tertiary/aromatic N) is 1. The number of rotatable bonds is 5. The van der Waals surface area contributed by atoms with Crippen LogP contribution in [-0.2, 0) is 16.4 Å². The van der Waals surface area contributed by atoms with Crippen LogP contribution in [0.1, 0.15) is 21.7 Å². The lowest BCUT2D eigenvalue weighted by atomic mass is 10.1. The molecule has 0 bridgehead atoms. The van der Waals surface area contributed by atoms with Crippen LogP contribution in [-0.4, -0.2) is 43.9 Å². The molecule has 0 aliphatic carbocycles. The fourth-order valence-electron chi connectivity index (χ4n) is 2.86. The molecule has 1 fully saturated rings. The molecule has 1 saturated heterocycles. The highest BCUT2D eigenvalue weighted by molar-refractivity contribution is 7.91. The number of thiophene rings is 1. The molecule has 2 aromatic rings. The van der Waals surface area contributed by atoms with Crippen LogP contribution in [0.5, 0.6) is 5.75 Å². The highest BCUT2D eigenvalue weighted by atomic mass is 32.2. The van der Waals surface area contributed by atoms with Crippen LogP contribution in [0, 0.1) is 0 Å². The quantitative estimate of drug-likeness (QED) is 0.817. The maximum atomic E-state index is 12.8. The van der Waals surface area contributed by atoms with Crippen LogP contribution in [0.4, 0.5) is 0 Å². The summed E-state index contributed by atoms with van der Waals surface area (Å²) in [6.07, 6.45) is 0.496. The van der Waals surface area contributed by atoms with Gasteiger partial charge in [0.2, 0.25) is 0 Å². The zero-order valence-electron chi connectivity index (χ0n) is 13.3. The molecule has 0 radical (unpaired) electrons. The van der Waals surface area contributed by atoms with E-state index in [0.29, 0.717) is 17.8 Å². The van der Waals surface area contributed by atoms with E-state index in [1.54, 1.807) is 18.1 Å². The van der Waals surface area contributed by atoms with E-state index < -0.39 is 9.84 Å². The van der Waals surface area contributed by atoms with Crippen LogP contribution < -0.4 is 4.74 Å². The molecule has 128 valence electrons. The second kappa shape index (κ2) is 6.94. The van der Waals surface area contributed by atoms with Crippen LogP contribution >= 0.6 is 11.3 Å². The van der Waals surface area contributed by atoms with Crippen LogP contribution in [0.2, 0.25) is 0 Å². The van der Waals surface area contributed by atoms with E-state index in [4.69, 9.17) is 4.74 Å². The van der Waals surface area contributed by atoms with Crippen molar-refractivity contribution in [3.63, 3.8) is 0 Å². The molecule has 7 heteroatoms. The average Bonchev–Trinajstić information content (AvgIpc) is 3.22. The highest BCUT2D eigenvalue weighted by Gasteiger charge is 2.35. The van der Waals surface area contributed by atoms with Crippen LogP contribution in [0.25, 0.3) is 0 Å². The van der Waals surface area contributed by atoms with Gasteiger partial charge < -0.3 is 9.64 Å². The summed E-state index contributed by atoms with van der Waals surface area (Å²) in [6, 6.07) is 10.8. The van der Waals surface area contributed by atoms with Crippen molar-refractivity contribution < 1.29 is 17.9 Å². The van der Waals surface area contributed by atoms with Crippen molar-refractivity contribution in [2.45, 2.75) is 19.0 Å². The SMILES string of the molecule is COc1ccc(CN(C(=O)c2cccs2)C2CCS(=O)(=O)C2)cc1. The summed E-state index contributed by atoms with van der Waals surface area (Å²) in [4.78, 5) is 15.2. The fraction of sp³-hybridized carbons (Fsp3) is 0.353. The van der Waals surface area contributed by atoms with Gasteiger partial charge in [0, 0.05) is 12.6 Å². The predicted molar refractivity (Wildman–Crippen MR) is 94.2 cm³/mol. The number of amides is 1. The number of hydrogen-bond donors (Lipinski definition) is 0. The first kappa shape index (κ1) is 17.0. The molecular weight excluding hydrogens is 346 g/mol. The van der Waals surface area contributed by atoms with Crippen molar-refractivity contribution in [2.24, 2.45) is 0 Å². The van der Waals surface area contributed by atoms with Crippen molar-refractivity contribution in [2.75, 3.05) is 18.6 Å². The van der Waals surface area contributed by atoms with Crippen LogP contribution in [0.3, 0.4) is 0 Å². The van der Waals surface area contributed by atoms with E-state index in [2.05, 4.69) is 0 Å². The molecule has 24 heavy (non-hydrogen) atoms. The summed E-state index contributed by atoms with van der Waals surface area (Å²) in [5.41, 5.74) is 0.949. The van der Waals surface area contributed by atoms with Gasteiger partial charge in [0.25, 0.3) is 5.91 Å². The summed E-state index contributed by atoms with van der Waals surface area (Å²) in [6.45, 7) is 0.390. The molecule has 0 N–H and O–H groups in total. The molecule has 0 saturated carbocycles. The molecule has 5 nitrogen and oxygen atoms in total. The number of hydrogen-bond acceptors (Lipinski definition) is 5. The molecule has 0 spiro atoms. The number of benzene rings is 1. The maximum Gasteiger partial charge on any atom is 0.264 e. The topological polar surface area (TPSA) is 63.7 Å². The van der Waals surface area contributed by atoms with Crippen molar-refractivity contribution in [1.82, 2.24) is 4.90 Å². The van der Waals surface area contributed by atoms with Gasteiger partial charge in [-0.15, -0.1) is 11.3 Å². The van der Waals surface area contributed by atoms with Gasteiger partial charge in [-0.2, -0.15) is 0 Å². The molecule has 1 aliphatic heterocycles. The Hall–Kier alpha value is -1.86. The standard InChI is InChI=1S/C17H19NO4S2/c1-22-15-6-4-13(5-7-15)11-18(14-8-10-24(20,21)12-14)17(19)16-3-2-9-23-16/h2-7,9,14H,8,10-12H2,1H3. The van der Waals surface area contributed by atoms with E-state index in [0.717, 1.165) is 11.3 Å². The summed E-state index contributed by atoms with van der Waals surface area (Å²) >= 11 is 1.37. The normalized spacial score (nSPS) is 19.1. The monoisotopic (exact) mass is 365 g/mol. The van der Waals surface area contributed by atoms with Crippen molar-refractivity contribution in [1.29, 1.82) is 0 Å². The van der Waals surface area contributed by atoms with Crippen LogP contribution in [0.15, 0.2) is 41.8 Å². The Kier molecular flexibility index (Phi) is 4.91. The first-order chi connectivity index (χ1) is 11.5. The molecule has 1 aliphatic rings. The summed E-state index contributed by atoms with van der Waals surface area (Å²) in [7, 11) is -1.45. The second-order valence-electron chi connectivity index (χ2n) is 5.82. The van der Waals surface area contributed by atoms with Crippen molar-refractivity contribution in [3.05, 3.63) is 52.2 Å². The Balaban J connectivity index is 1.85. The van der Waals surface area contributed by atoms with Gasteiger partial charge in [0.15, 0.2) is 9.84 Å². The Morgan fingerprint density at radius 1 is 1.29 bits per heavy atom. The van der Waals surface area contributed by atoms with E-state index in [-0.39, 0.29) is 23.5 Å². The number of sulfone groups is 1. The first-order valence-corrected chi connectivity index (χ1v) is 10.4. The molecule has 2 heterocycles. The first-order valence-electron chi connectivity index (χ1n) is 7.66. The van der Waals surface area contributed by atoms with Gasteiger partial charge in [0.05, 0.1) is 23.5 Å². The number of methoxy groups -OCH3 is 1. The average molecular weight is 365 g/mol.